The molecular formula is C41H50Br2N2O2. The van der Waals surface area contributed by atoms with Gasteiger partial charge in [-0.25, -0.2) is 0 Å². The third-order valence-electron chi connectivity index (χ3n) is 9.59. The fraction of sp³-hybridized carbons (Fsp3) is 0.415. The van der Waals surface area contributed by atoms with Gasteiger partial charge in [0.25, 0.3) is 0 Å². The van der Waals surface area contributed by atoms with Gasteiger partial charge in [0.1, 0.15) is 24.7 Å². The number of halogens is 2. The number of rotatable bonds is 11. The van der Waals surface area contributed by atoms with E-state index in [2.05, 4.69) is 134 Å². The summed E-state index contributed by atoms with van der Waals surface area (Å²) in [6, 6.07) is 28.3. The molecule has 4 nitrogen and oxygen atoms in total. The summed E-state index contributed by atoms with van der Waals surface area (Å²) >= 11 is 6.71. The van der Waals surface area contributed by atoms with Crippen molar-refractivity contribution in [3.8, 4) is 22.6 Å². The van der Waals surface area contributed by atoms with E-state index >= 15 is 0 Å². The molecule has 0 unspecified atom stereocenters. The third kappa shape index (κ3) is 9.95. The van der Waals surface area contributed by atoms with Gasteiger partial charge in [-0.05, 0) is 156 Å². The van der Waals surface area contributed by atoms with Gasteiger partial charge in [-0.15, -0.1) is 0 Å². The second-order valence-corrected chi connectivity index (χ2v) is 13.7. The maximum absolute atomic E-state index is 6.35. The van der Waals surface area contributed by atoms with E-state index in [0.29, 0.717) is 13.2 Å². The molecule has 0 aromatic heterocycles. The van der Waals surface area contributed by atoms with Crippen LogP contribution in [0.15, 0.2) is 83.3 Å². The Morgan fingerprint density at radius 2 is 1.06 bits per heavy atom. The topological polar surface area (TPSA) is 24.9 Å². The number of alkyl halides is 1. The molecule has 2 heterocycles. The van der Waals surface area contributed by atoms with Crippen LogP contribution in [0.2, 0.25) is 0 Å². The number of likely N-dealkylation sites (tertiary alicyclic amines) is 2. The highest BCUT2D eigenvalue weighted by Crippen LogP contribution is 2.33. The summed E-state index contributed by atoms with van der Waals surface area (Å²) < 4.78 is 13.6. The molecule has 4 aromatic carbocycles. The van der Waals surface area contributed by atoms with Crippen molar-refractivity contribution >= 4 is 31.9 Å². The molecule has 4 aromatic rings. The van der Waals surface area contributed by atoms with Crippen molar-refractivity contribution in [1.29, 1.82) is 0 Å². The fourth-order valence-electron chi connectivity index (χ4n) is 6.78. The quantitative estimate of drug-likeness (QED) is 0.142. The van der Waals surface area contributed by atoms with Crippen LogP contribution in [0.5, 0.6) is 11.5 Å². The molecule has 0 amide bonds. The molecule has 0 radical (unpaired) electrons. The predicted molar refractivity (Wildman–Crippen MR) is 204 cm³/mol. The molecule has 0 saturated carbocycles. The Hall–Kier alpha value is -2.64. The van der Waals surface area contributed by atoms with E-state index in [1.165, 1.54) is 109 Å². The van der Waals surface area contributed by atoms with Crippen LogP contribution in [0.3, 0.4) is 0 Å². The van der Waals surface area contributed by atoms with Crippen molar-refractivity contribution in [1.82, 2.24) is 9.80 Å². The summed E-state index contributed by atoms with van der Waals surface area (Å²) in [5.41, 5.74) is 10.1. The Kier molecular flexibility index (Phi) is 13.8. The summed E-state index contributed by atoms with van der Waals surface area (Å²) in [4.78, 5) is 5.11. The van der Waals surface area contributed by atoms with Gasteiger partial charge in [-0.2, -0.15) is 0 Å². The molecule has 2 aliphatic rings. The Balaban J connectivity index is 0.00000213. The Morgan fingerprint density at radius 1 is 0.574 bits per heavy atom. The number of benzene rings is 4. The number of nitrogens with zero attached hydrogens (tertiary/aromatic N) is 2. The molecule has 0 bridgehead atoms. The highest BCUT2D eigenvalue weighted by molar-refractivity contribution is 9.10. The largest absolute Gasteiger partial charge is 0.489 e. The van der Waals surface area contributed by atoms with Gasteiger partial charge in [-0.3, -0.25) is 9.80 Å². The molecule has 250 valence electrons. The first-order valence-electron chi connectivity index (χ1n) is 17.2. The first-order chi connectivity index (χ1) is 23.0. The molecule has 0 aliphatic carbocycles. The van der Waals surface area contributed by atoms with Crippen molar-refractivity contribution < 1.29 is 9.47 Å². The van der Waals surface area contributed by atoms with E-state index in [4.69, 9.17) is 9.47 Å². The molecule has 47 heavy (non-hydrogen) atoms. The zero-order valence-electron chi connectivity index (χ0n) is 28.4. The first-order valence-corrected chi connectivity index (χ1v) is 19.5. The highest BCUT2D eigenvalue weighted by Gasteiger charge is 2.15. The number of piperidine rings is 2. The van der Waals surface area contributed by atoms with Crippen LogP contribution in [0, 0.1) is 13.8 Å². The summed E-state index contributed by atoms with van der Waals surface area (Å²) in [5.74, 6) is 3.62. The minimum atomic E-state index is 0.527. The lowest BCUT2D eigenvalue weighted by molar-refractivity contribution is 0.220. The molecule has 2 fully saturated rings. The van der Waals surface area contributed by atoms with Crippen molar-refractivity contribution in [2.45, 2.75) is 78.7 Å². The summed E-state index contributed by atoms with van der Waals surface area (Å²) in [7, 11) is 0. The first kappa shape index (κ1) is 35.7. The van der Waals surface area contributed by atoms with Crippen LogP contribution in [0.25, 0.3) is 11.1 Å². The van der Waals surface area contributed by atoms with Gasteiger partial charge < -0.3 is 9.47 Å². The number of hydrogen-bond acceptors (Lipinski definition) is 4. The van der Waals surface area contributed by atoms with E-state index in [0.717, 1.165) is 29.1 Å². The predicted octanol–water partition coefficient (Wildman–Crippen LogP) is 10.9. The fourth-order valence-corrected chi connectivity index (χ4v) is 7.32. The summed E-state index contributed by atoms with van der Waals surface area (Å²) in [6.45, 7) is 12.4. The number of ether oxygens (including phenoxy) is 2. The molecule has 2 aliphatic heterocycles. The van der Waals surface area contributed by atoms with E-state index < -0.39 is 0 Å². The van der Waals surface area contributed by atoms with Crippen LogP contribution < -0.4 is 9.47 Å². The molecule has 0 atom stereocenters. The molecule has 0 N–H and O–H groups in total. The molecule has 6 heteroatoms. The van der Waals surface area contributed by atoms with Crippen molar-refractivity contribution in [2.75, 3.05) is 32.0 Å². The van der Waals surface area contributed by atoms with E-state index in [-0.39, 0.29) is 0 Å². The highest BCUT2D eigenvalue weighted by atomic mass is 79.9. The lowest BCUT2D eigenvalue weighted by Gasteiger charge is -2.26. The minimum Gasteiger partial charge on any atom is -0.489 e. The lowest BCUT2D eigenvalue weighted by Crippen LogP contribution is -2.29. The number of hydrogen-bond donors (Lipinski definition) is 0. The Labute approximate surface area is 299 Å². The SMILES string of the molecule is CBr.Cc1c(COc2ccc(CN3CCCCC3)cc2)cccc1-c1cccc(COc2ccc(CN3CCCCC3)cc2Br)c1C. The van der Waals surface area contributed by atoms with Gasteiger partial charge in [0, 0.05) is 13.1 Å². The lowest BCUT2D eigenvalue weighted by atomic mass is 9.92. The van der Waals surface area contributed by atoms with Gasteiger partial charge in [0.2, 0.25) is 0 Å². The maximum Gasteiger partial charge on any atom is 0.134 e. The van der Waals surface area contributed by atoms with Crippen LogP contribution in [-0.2, 0) is 26.3 Å². The van der Waals surface area contributed by atoms with Gasteiger partial charge >= 0.3 is 0 Å². The van der Waals surface area contributed by atoms with Crippen LogP contribution in [0.1, 0.15) is 71.9 Å². The average Bonchev–Trinajstić information content (AvgIpc) is 3.11. The summed E-state index contributed by atoms with van der Waals surface area (Å²) in [6.07, 6.45) is 8.00. The van der Waals surface area contributed by atoms with Crippen LogP contribution in [-0.4, -0.2) is 41.8 Å². The second-order valence-electron chi connectivity index (χ2n) is 12.8. The zero-order valence-corrected chi connectivity index (χ0v) is 31.5. The van der Waals surface area contributed by atoms with Crippen molar-refractivity contribution in [3.63, 3.8) is 0 Å². The average molecular weight is 763 g/mol. The molecule has 6 rings (SSSR count). The minimum absolute atomic E-state index is 0.527. The van der Waals surface area contributed by atoms with Gasteiger partial charge in [-0.1, -0.05) is 83.4 Å². The molecular weight excluding hydrogens is 712 g/mol. The second kappa shape index (κ2) is 18.2. The van der Waals surface area contributed by atoms with E-state index in [1.54, 1.807) is 0 Å². The van der Waals surface area contributed by atoms with Gasteiger partial charge in [0.15, 0.2) is 0 Å². The van der Waals surface area contributed by atoms with Crippen molar-refractivity contribution in [2.24, 2.45) is 0 Å². The van der Waals surface area contributed by atoms with Crippen molar-refractivity contribution in [3.05, 3.63) is 117 Å². The smallest absolute Gasteiger partial charge is 0.134 e. The van der Waals surface area contributed by atoms with E-state index in [1.807, 2.05) is 5.83 Å². The molecule has 2 saturated heterocycles. The van der Waals surface area contributed by atoms with E-state index in [9.17, 15) is 0 Å². The molecule has 0 spiro atoms. The Morgan fingerprint density at radius 3 is 1.60 bits per heavy atom. The normalized spacial score (nSPS) is 15.5. The summed E-state index contributed by atoms with van der Waals surface area (Å²) in [5, 5.41) is 0. The van der Waals surface area contributed by atoms with Crippen LogP contribution in [0.4, 0.5) is 0 Å². The Bertz CT molecular complexity index is 1560. The van der Waals surface area contributed by atoms with Crippen LogP contribution >= 0.6 is 31.9 Å². The zero-order chi connectivity index (χ0) is 33.0. The van der Waals surface area contributed by atoms with Gasteiger partial charge in [0.05, 0.1) is 4.47 Å². The maximum atomic E-state index is 6.35. The third-order valence-corrected chi connectivity index (χ3v) is 10.2. The standard InChI is InChI=1S/C40H47BrN2O2.CH3Br/c1-30-34(28-44-36-18-15-32(16-19-36)26-42-21-5-3-6-22-42)11-9-13-37(30)38-14-10-12-35(31(38)2)29-45-40-20-17-33(25-39(40)41)27-43-23-7-4-8-24-43;1-2/h9-20,25H,3-8,21-24,26-29H2,1-2H3;1H3. The monoisotopic (exact) mass is 760 g/mol.